The smallest absolute Gasteiger partial charge is 0.251 e. The van der Waals surface area contributed by atoms with Gasteiger partial charge in [0, 0.05) is 39.4 Å². The maximum absolute atomic E-state index is 11.7. The van der Waals surface area contributed by atoms with Gasteiger partial charge < -0.3 is 25.4 Å². The Morgan fingerprint density at radius 1 is 1.07 bits per heavy atom. The number of rotatable bonds is 13. The minimum atomic E-state index is -0.0713. The van der Waals surface area contributed by atoms with Crippen LogP contribution < -0.4 is 16.0 Å². The lowest BCUT2D eigenvalue weighted by molar-refractivity contribution is 0.0487. The molecular weight excluding hydrogens is 471 g/mol. The topological polar surface area (TPSA) is 84.0 Å². The van der Waals surface area contributed by atoms with Crippen molar-refractivity contribution in [2.45, 2.75) is 26.2 Å². The minimum Gasteiger partial charge on any atom is -0.379 e. The molecule has 8 heteroatoms. The Hall–Kier alpha value is -1.39. The number of nitrogens with zero attached hydrogens (tertiary/aromatic N) is 1. The summed E-state index contributed by atoms with van der Waals surface area (Å²) < 4.78 is 11.0. The summed E-state index contributed by atoms with van der Waals surface area (Å²) in [7, 11) is 3.37. The van der Waals surface area contributed by atoms with Crippen molar-refractivity contribution in [2.24, 2.45) is 4.99 Å². The van der Waals surface area contributed by atoms with Crippen LogP contribution in [0.4, 0.5) is 0 Å². The minimum absolute atomic E-state index is 0. The zero-order valence-corrected chi connectivity index (χ0v) is 19.6. The first kappa shape index (κ1) is 26.6. The molecule has 0 fully saturated rings. The Labute approximate surface area is 186 Å². The molecule has 0 unspecified atom stereocenters. The van der Waals surface area contributed by atoms with Crippen LogP contribution in [0.1, 0.15) is 35.7 Å². The third kappa shape index (κ3) is 12.1. The highest BCUT2D eigenvalue weighted by atomic mass is 127. The molecule has 0 saturated carbocycles. The Bertz CT molecular complexity index is 570. The molecule has 0 saturated heterocycles. The predicted molar refractivity (Wildman–Crippen MR) is 125 cm³/mol. The summed E-state index contributed by atoms with van der Waals surface area (Å²) in [5, 5.41) is 9.12. The van der Waals surface area contributed by atoms with Gasteiger partial charge in [-0.3, -0.25) is 9.79 Å². The molecule has 3 N–H and O–H groups in total. The van der Waals surface area contributed by atoms with Gasteiger partial charge in [-0.25, -0.2) is 0 Å². The molecule has 1 aromatic carbocycles. The molecular formula is C20H35IN4O3. The Kier molecular flexibility index (Phi) is 16.8. The SMILES string of the molecule is CCCCOCCOCCNC(=NC)NCCc1cccc(C(=O)NC)c1.I. The second kappa shape index (κ2) is 17.7. The zero-order valence-electron chi connectivity index (χ0n) is 17.3. The highest BCUT2D eigenvalue weighted by Gasteiger charge is 2.04. The van der Waals surface area contributed by atoms with E-state index in [1.54, 1.807) is 14.1 Å². The fourth-order valence-electron chi connectivity index (χ4n) is 2.37. The molecule has 0 atom stereocenters. The number of halogens is 1. The van der Waals surface area contributed by atoms with Crippen LogP contribution in [0.5, 0.6) is 0 Å². The van der Waals surface area contributed by atoms with E-state index < -0.39 is 0 Å². The molecule has 0 spiro atoms. The molecule has 0 aliphatic rings. The summed E-state index contributed by atoms with van der Waals surface area (Å²) >= 11 is 0. The van der Waals surface area contributed by atoms with Crippen LogP contribution >= 0.6 is 24.0 Å². The third-order valence-corrected chi connectivity index (χ3v) is 3.90. The summed E-state index contributed by atoms with van der Waals surface area (Å²) in [6.07, 6.45) is 3.05. The van der Waals surface area contributed by atoms with Crippen molar-refractivity contribution < 1.29 is 14.3 Å². The number of hydrogen-bond acceptors (Lipinski definition) is 4. The molecule has 0 radical (unpaired) electrons. The molecule has 1 rings (SSSR count). The maximum Gasteiger partial charge on any atom is 0.251 e. The molecule has 0 aliphatic carbocycles. The normalized spacial score (nSPS) is 10.9. The number of carbonyl (C=O) groups excluding carboxylic acids is 1. The van der Waals surface area contributed by atoms with E-state index in [9.17, 15) is 4.79 Å². The summed E-state index contributed by atoms with van der Waals surface area (Å²) in [5.74, 6) is 0.665. The van der Waals surface area contributed by atoms with Crippen molar-refractivity contribution in [3.05, 3.63) is 35.4 Å². The van der Waals surface area contributed by atoms with Crippen molar-refractivity contribution >= 4 is 35.8 Å². The first-order chi connectivity index (χ1) is 13.2. The summed E-state index contributed by atoms with van der Waals surface area (Å²) in [4.78, 5) is 15.9. The van der Waals surface area contributed by atoms with Crippen molar-refractivity contribution in [1.82, 2.24) is 16.0 Å². The van der Waals surface area contributed by atoms with Gasteiger partial charge in [-0.05, 0) is 30.5 Å². The van der Waals surface area contributed by atoms with Crippen LogP contribution in [-0.2, 0) is 15.9 Å². The van der Waals surface area contributed by atoms with E-state index in [2.05, 4.69) is 27.9 Å². The highest BCUT2D eigenvalue weighted by molar-refractivity contribution is 14.0. The number of ether oxygens (including phenoxy) is 2. The second-order valence-electron chi connectivity index (χ2n) is 6.03. The molecule has 1 aromatic rings. The van der Waals surface area contributed by atoms with E-state index in [0.717, 1.165) is 43.9 Å². The largest absolute Gasteiger partial charge is 0.379 e. The van der Waals surface area contributed by atoms with Crippen LogP contribution in [0.25, 0.3) is 0 Å². The standard InChI is InChI=1S/C20H34N4O3.HI/c1-4-5-12-26-14-15-27-13-11-24-20(22-3)23-10-9-17-7-6-8-18(16-17)19(25)21-2;/h6-8,16H,4-5,9-15H2,1-3H3,(H,21,25)(H2,22,23,24);1H. The second-order valence-corrected chi connectivity index (χ2v) is 6.03. The summed E-state index contributed by atoms with van der Waals surface area (Å²) in [5.41, 5.74) is 1.78. The summed E-state index contributed by atoms with van der Waals surface area (Å²) in [6, 6.07) is 7.63. The van der Waals surface area contributed by atoms with Gasteiger partial charge in [0.25, 0.3) is 5.91 Å². The highest BCUT2D eigenvalue weighted by Crippen LogP contribution is 2.05. The Balaban J connectivity index is 0.00000729. The summed E-state index contributed by atoms with van der Waals surface area (Å²) in [6.45, 7) is 6.21. The molecule has 160 valence electrons. The van der Waals surface area contributed by atoms with Crippen molar-refractivity contribution in [3.8, 4) is 0 Å². The molecule has 7 nitrogen and oxygen atoms in total. The Morgan fingerprint density at radius 2 is 1.79 bits per heavy atom. The molecule has 1 amide bonds. The van der Waals surface area contributed by atoms with Crippen LogP contribution in [0.2, 0.25) is 0 Å². The predicted octanol–water partition coefficient (Wildman–Crippen LogP) is 2.21. The van der Waals surface area contributed by atoms with Crippen LogP contribution in [0.15, 0.2) is 29.3 Å². The monoisotopic (exact) mass is 506 g/mol. The van der Waals surface area contributed by atoms with Crippen LogP contribution in [0, 0.1) is 0 Å². The maximum atomic E-state index is 11.7. The lowest BCUT2D eigenvalue weighted by atomic mass is 10.1. The number of hydrogen-bond donors (Lipinski definition) is 3. The fourth-order valence-corrected chi connectivity index (χ4v) is 2.37. The van der Waals surface area contributed by atoms with Crippen LogP contribution in [-0.4, -0.2) is 65.5 Å². The third-order valence-electron chi connectivity index (χ3n) is 3.90. The number of carbonyl (C=O) groups is 1. The molecule has 0 bridgehead atoms. The van der Waals surface area contributed by atoms with Gasteiger partial charge in [-0.1, -0.05) is 25.5 Å². The lowest BCUT2D eigenvalue weighted by Crippen LogP contribution is -2.39. The molecule has 0 heterocycles. The lowest BCUT2D eigenvalue weighted by Gasteiger charge is -2.12. The van der Waals surface area contributed by atoms with E-state index >= 15 is 0 Å². The first-order valence-electron chi connectivity index (χ1n) is 9.62. The van der Waals surface area contributed by atoms with Crippen molar-refractivity contribution in [1.29, 1.82) is 0 Å². The van der Waals surface area contributed by atoms with E-state index in [0.29, 0.717) is 31.9 Å². The average Bonchev–Trinajstić information content (AvgIpc) is 2.70. The number of nitrogens with one attached hydrogen (secondary N) is 3. The quantitative estimate of drug-likeness (QED) is 0.165. The fraction of sp³-hybridized carbons (Fsp3) is 0.600. The van der Waals surface area contributed by atoms with Gasteiger partial charge in [0.05, 0.1) is 19.8 Å². The van der Waals surface area contributed by atoms with E-state index in [1.165, 1.54) is 0 Å². The Morgan fingerprint density at radius 3 is 2.46 bits per heavy atom. The van der Waals surface area contributed by atoms with E-state index in [4.69, 9.17) is 9.47 Å². The van der Waals surface area contributed by atoms with Gasteiger partial charge in [0.1, 0.15) is 0 Å². The van der Waals surface area contributed by atoms with Gasteiger partial charge >= 0.3 is 0 Å². The number of benzene rings is 1. The molecule has 0 aliphatic heterocycles. The average molecular weight is 506 g/mol. The first-order valence-corrected chi connectivity index (χ1v) is 9.62. The number of aliphatic imine (C=N–C) groups is 1. The van der Waals surface area contributed by atoms with Gasteiger partial charge in [-0.15, -0.1) is 24.0 Å². The number of amides is 1. The van der Waals surface area contributed by atoms with E-state index in [1.807, 2.05) is 24.3 Å². The van der Waals surface area contributed by atoms with Gasteiger partial charge in [0.15, 0.2) is 5.96 Å². The van der Waals surface area contributed by atoms with Crippen molar-refractivity contribution in [2.75, 3.05) is 53.6 Å². The van der Waals surface area contributed by atoms with Gasteiger partial charge in [0.2, 0.25) is 0 Å². The van der Waals surface area contributed by atoms with Gasteiger partial charge in [-0.2, -0.15) is 0 Å². The molecule has 28 heavy (non-hydrogen) atoms. The number of guanidine groups is 1. The molecule has 0 aromatic heterocycles. The van der Waals surface area contributed by atoms with Crippen LogP contribution in [0.3, 0.4) is 0 Å². The van der Waals surface area contributed by atoms with Crippen molar-refractivity contribution in [3.63, 3.8) is 0 Å². The number of unbranched alkanes of at least 4 members (excludes halogenated alkanes) is 1. The zero-order chi connectivity index (χ0) is 19.7. The van der Waals surface area contributed by atoms with E-state index in [-0.39, 0.29) is 29.9 Å².